The van der Waals surface area contributed by atoms with Crippen LogP contribution in [-0.4, -0.2) is 18.0 Å². The molecule has 0 aromatic rings. The number of rotatable bonds is 17. The fourth-order valence-corrected chi connectivity index (χ4v) is 3.64. The topological polar surface area (TPSA) is 62.8 Å². The zero-order valence-corrected chi connectivity index (χ0v) is 18.8. The van der Waals surface area contributed by atoms with Gasteiger partial charge in [-0.25, -0.2) is 10.1 Å². The molecule has 4 nitrogen and oxygen atoms in total. The van der Waals surface area contributed by atoms with Crippen LogP contribution < -0.4 is 35.4 Å². The first kappa shape index (κ1) is 28.9. The van der Waals surface area contributed by atoms with E-state index in [9.17, 15) is 9.59 Å². The van der Waals surface area contributed by atoms with Crippen LogP contribution in [0.2, 0.25) is 0 Å². The smallest absolute Gasteiger partial charge is 0.420 e. The van der Waals surface area contributed by atoms with E-state index in [-0.39, 0.29) is 42.8 Å². The van der Waals surface area contributed by atoms with Gasteiger partial charge in [0.2, 0.25) is 0 Å². The molecule has 0 spiro atoms. The first-order valence-corrected chi connectivity index (χ1v) is 10.9. The summed E-state index contributed by atoms with van der Waals surface area (Å²) >= 11 is 0. The number of nitrogens with one attached hydrogen (secondary N) is 1. The molecule has 1 heterocycles. The predicted octanol–water partition coefficient (Wildman–Crippen LogP) is -1.17. The van der Waals surface area contributed by atoms with Gasteiger partial charge in [0, 0.05) is 6.42 Å². The minimum atomic E-state index is -0.216. The van der Waals surface area contributed by atoms with Crippen molar-refractivity contribution < 1.29 is 39.7 Å². The lowest BCUT2D eigenvalue weighted by Gasteiger charge is -2.04. The number of primary amides is 1. The number of quaternary nitrogens is 1. The third-order valence-corrected chi connectivity index (χ3v) is 5.30. The van der Waals surface area contributed by atoms with Crippen LogP contribution in [0.1, 0.15) is 116 Å². The first-order valence-electron chi connectivity index (χ1n) is 10.9. The van der Waals surface area contributed by atoms with Crippen LogP contribution in [0.5, 0.6) is 0 Å². The van der Waals surface area contributed by atoms with Gasteiger partial charge in [-0.3, -0.25) is 10.1 Å². The van der Waals surface area contributed by atoms with Crippen molar-refractivity contribution in [1.29, 1.82) is 0 Å². The molecule has 1 aliphatic heterocycles. The molecular formula is C21H41Cl2N2O2-. The molecule has 1 saturated heterocycles. The minimum absolute atomic E-state index is 0. The Morgan fingerprint density at radius 2 is 1.04 bits per heavy atom. The van der Waals surface area contributed by atoms with Gasteiger partial charge in [-0.2, -0.15) is 0 Å². The lowest BCUT2D eigenvalue weighted by molar-refractivity contribution is -0.571. The van der Waals surface area contributed by atoms with Crippen molar-refractivity contribution in [3.63, 3.8) is 0 Å². The summed E-state index contributed by atoms with van der Waals surface area (Å²) in [5, 5.41) is 3.87. The largest absolute Gasteiger partial charge is 1.00 e. The monoisotopic (exact) mass is 423 g/mol. The molecule has 0 aromatic heterocycles. The van der Waals surface area contributed by atoms with Crippen LogP contribution in [-0.2, 0) is 4.79 Å². The van der Waals surface area contributed by atoms with Gasteiger partial charge in [-0.05, 0) is 6.42 Å². The molecule has 1 aliphatic rings. The van der Waals surface area contributed by atoms with Crippen molar-refractivity contribution in [3.05, 3.63) is 0 Å². The normalized spacial score (nSPS) is 16.0. The number of carbonyl (C=O) groups excluding carboxylic acids is 2. The number of urea groups is 1. The number of hydrogen-bond acceptors (Lipinski definition) is 2. The average molecular weight is 424 g/mol. The molecule has 0 bridgehead atoms. The predicted molar refractivity (Wildman–Crippen MR) is 103 cm³/mol. The zero-order valence-electron chi connectivity index (χ0n) is 17.2. The van der Waals surface area contributed by atoms with Crippen molar-refractivity contribution in [2.24, 2.45) is 0 Å². The summed E-state index contributed by atoms with van der Waals surface area (Å²) in [4.78, 5) is 22.5. The molecule has 0 radical (unpaired) electrons. The maximum atomic E-state index is 11.4. The molecule has 27 heavy (non-hydrogen) atoms. The summed E-state index contributed by atoms with van der Waals surface area (Å²) in [5.74, 6) is -0.106. The van der Waals surface area contributed by atoms with Gasteiger partial charge in [0.1, 0.15) is 0 Å². The number of unbranched alkanes of at least 4 members (excludes halogenated alkanes) is 15. The van der Waals surface area contributed by atoms with Crippen molar-refractivity contribution in [2.45, 2.75) is 122 Å². The lowest BCUT2D eigenvalue weighted by Crippen LogP contribution is -3.00. The molecule has 3 N–H and O–H groups in total. The van der Waals surface area contributed by atoms with E-state index in [2.05, 4.69) is 12.2 Å². The molecule has 1 atom stereocenters. The van der Waals surface area contributed by atoms with Crippen molar-refractivity contribution in [3.8, 4) is 0 Å². The Bertz CT molecular complexity index is 368. The Hall–Kier alpha value is -0.320. The van der Waals surface area contributed by atoms with E-state index in [1.165, 1.54) is 102 Å². The fourth-order valence-electron chi connectivity index (χ4n) is 3.64. The molecule has 0 aliphatic carbocycles. The second-order valence-electron chi connectivity index (χ2n) is 7.72. The Morgan fingerprint density at radius 3 is 1.37 bits per heavy atom. The number of nitrogens with two attached hydrogens (primary N) is 1. The maximum absolute atomic E-state index is 11.4. The third-order valence-electron chi connectivity index (χ3n) is 5.30. The molecule has 0 saturated carbocycles. The van der Waals surface area contributed by atoms with E-state index in [1.807, 2.05) is 0 Å². The van der Waals surface area contributed by atoms with Gasteiger partial charge in [0.15, 0.2) is 6.04 Å². The van der Waals surface area contributed by atoms with Gasteiger partial charge in [-0.1, -0.05) is 103 Å². The SMILES string of the molecule is CCCCCCCCCCCCCCCCCCC1[NH2+]C(=O)NC1=O.[Cl-].[Cl-]. The first-order chi connectivity index (χ1) is 12.2. The summed E-state index contributed by atoms with van der Waals surface area (Å²) in [6, 6.07) is -0.384. The Morgan fingerprint density at radius 1 is 0.667 bits per heavy atom. The van der Waals surface area contributed by atoms with Crippen LogP contribution >= 0.6 is 0 Å². The maximum Gasteiger partial charge on any atom is 0.420 e. The van der Waals surface area contributed by atoms with Gasteiger partial charge < -0.3 is 24.8 Å². The molecule has 3 amide bonds. The summed E-state index contributed by atoms with van der Waals surface area (Å²) in [7, 11) is 0. The summed E-state index contributed by atoms with van der Waals surface area (Å²) in [6.07, 6.45) is 22.5. The second-order valence-corrected chi connectivity index (χ2v) is 7.72. The van der Waals surface area contributed by atoms with Gasteiger partial charge >= 0.3 is 6.03 Å². The second kappa shape index (κ2) is 20.4. The summed E-state index contributed by atoms with van der Waals surface area (Å²) < 4.78 is 0. The Kier molecular flexibility index (Phi) is 21.8. The van der Waals surface area contributed by atoms with Gasteiger partial charge in [0.05, 0.1) is 0 Å². The van der Waals surface area contributed by atoms with E-state index in [4.69, 9.17) is 0 Å². The lowest BCUT2D eigenvalue weighted by atomic mass is 10.0. The molecule has 6 heteroatoms. The Balaban J connectivity index is 0. The minimum Gasteiger partial charge on any atom is -1.00 e. The standard InChI is InChI=1S/C21H40N2O2.2ClH/c1-2-3-4-5-6-7-8-9-10-11-12-13-14-15-16-17-18-19-20(24)23-21(25)22-19;;/h19H,2-18H2,1H3,(H2,22,23,24,25);2*1H/p-1. The van der Waals surface area contributed by atoms with E-state index in [1.54, 1.807) is 0 Å². The highest BCUT2D eigenvalue weighted by molar-refractivity contribution is 5.97. The quantitative estimate of drug-likeness (QED) is 0.228. The van der Waals surface area contributed by atoms with E-state index in [0.717, 1.165) is 12.8 Å². The van der Waals surface area contributed by atoms with Crippen LogP contribution in [0.4, 0.5) is 4.79 Å². The van der Waals surface area contributed by atoms with E-state index < -0.39 is 0 Å². The van der Waals surface area contributed by atoms with Crippen molar-refractivity contribution >= 4 is 11.9 Å². The van der Waals surface area contributed by atoms with E-state index in [0.29, 0.717) is 0 Å². The summed E-state index contributed by atoms with van der Waals surface area (Å²) in [6.45, 7) is 2.28. The highest BCUT2D eigenvalue weighted by Crippen LogP contribution is 2.14. The summed E-state index contributed by atoms with van der Waals surface area (Å²) in [5.41, 5.74) is 0. The number of carbonyl (C=O) groups is 2. The fraction of sp³-hybridized carbons (Fsp3) is 0.905. The Labute approximate surface area is 179 Å². The molecule has 1 unspecified atom stereocenters. The number of imide groups is 1. The van der Waals surface area contributed by atoms with Crippen molar-refractivity contribution in [2.75, 3.05) is 0 Å². The molecule has 1 rings (SSSR count). The van der Waals surface area contributed by atoms with Crippen molar-refractivity contribution in [1.82, 2.24) is 5.32 Å². The molecule has 0 aromatic carbocycles. The number of halogens is 2. The van der Waals surface area contributed by atoms with Crippen LogP contribution in [0.15, 0.2) is 0 Å². The highest BCUT2D eigenvalue weighted by Gasteiger charge is 2.33. The molecular weight excluding hydrogens is 383 g/mol. The number of amides is 3. The molecule has 162 valence electrons. The van der Waals surface area contributed by atoms with Gasteiger partial charge in [-0.15, -0.1) is 0 Å². The third kappa shape index (κ3) is 16.3. The van der Waals surface area contributed by atoms with Crippen LogP contribution in [0.3, 0.4) is 0 Å². The highest BCUT2D eigenvalue weighted by atomic mass is 35.5. The molecule has 1 fully saturated rings. The van der Waals surface area contributed by atoms with Crippen LogP contribution in [0.25, 0.3) is 0 Å². The average Bonchev–Trinajstić information content (AvgIpc) is 2.92. The van der Waals surface area contributed by atoms with Gasteiger partial charge in [0.25, 0.3) is 5.91 Å². The number of hydrogen-bond donors (Lipinski definition) is 2. The van der Waals surface area contributed by atoms with E-state index >= 15 is 0 Å². The zero-order chi connectivity index (χ0) is 18.2. The van der Waals surface area contributed by atoms with Crippen LogP contribution in [0, 0.1) is 0 Å².